The molecule has 0 fully saturated rings. The average Bonchev–Trinajstić information content (AvgIpc) is 3.24. The molecule has 32 heavy (non-hydrogen) atoms. The molecule has 0 unspecified atom stereocenters. The number of rotatable bonds is 7. The monoisotopic (exact) mass is 490 g/mol. The highest BCUT2D eigenvalue weighted by molar-refractivity contribution is 6.40. The van der Waals surface area contributed by atoms with Crippen molar-refractivity contribution in [1.29, 1.82) is 0 Å². The second kappa shape index (κ2) is 9.74. The summed E-state index contributed by atoms with van der Waals surface area (Å²) < 4.78 is 21.8. The van der Waals surface area contributed by atoms with E-state index in [0.717, 1.165) is 11.1 Å². The lowest BCUT2D eigenvalue weighted by Crippen LogP contribution is -2.00. The quantitative estimate of drug-likeness (QED) is 0.267. The number of carbonyl (C=O) groups is 1. The van der Waals surface area contributed by atoms with Gasteiger partial charge in [-0.05, 0) is 54.1 Å². The fourth-order valence-corrected chi connectivity index (χ4v) is 4.08. The Balaban J connectivity index is 1.51. The normalized spacial score (nSPS) is 12.2. The lowest BCUT2D eigenvalue weighted by atomic mass is 10.1. The van der Waals surface area contributed by atoms with Gasteiger partial charge in [0, 0.05) is 16.1 Å². The van der Waals surface area contributed by atoms with Gasteiger partial charge in [-0.2, -0.15) is 0 Å². The Hall–Kier alpha value is -2.86. The zero-order valence-electron chi connectivity index (χ0n) is 16.9. The number of methoxy groups -OCH3 is 1. The molecule has 0 saturated heterocycles. The van der Waals surface area contributed by atoms with Crippen LogP contribution in [-0.2, 0) is 6.61 Å². The topological polar surface area (TPSA) is 54.0 Å². The zero-order chi connectivity index (χ0) is 22.7. The Kier molecular flexibility index (Phi) is 6.80. The van der Waals surface area contributed by atoms with E-state index in [1.165, 1.54) is 6.08 Å². The summed E-state index contributed by atoms with van der Waals surface area (Å²) in [6, 6.07) is 13.7. The molecule has 1 heterocycles. The van der Waals surface area contributed by atoms with Crippen molar-refractivity contribution in [1.82, 2.24) is 0 Å². The highest BCUT2D eigenvalue weighted by atomic mass is 35.5. The summed E-state index contributed by atoms with van der Waals surface area (Å²) >= 11 is 18.3. The van der Waals surface area contributed by atoms with Gasteiger partial charge in [-0.3, -0.25) is 4.79 Å². The molecule has 0 atom stereocenters. The van der Waals surface area contributed by atoms with Gasteiger partial charge in [-0.25, -0.2) is 0 Å². The molecule has 1 aliphatic rings. The number of ether oxygens (including phenoxy) is 4. The van der Waals surface area contributed by atoms with Gasteiger partial charge in [0.25, 0.3) is 0 Å². The van der Waals surface area contributed by atoms with E-state index >= 15 is 0 Å². The van der Waals surface area contributed by atoms with E-state index < -0.39 is 0 Å². The van der Waals surface area contributed by atoms with Crippen LogP contribution in [0, 0.1) is 0 Å². The molecule has 4 rings (SSSR count). The van der Waals surface area contributed by atoms with E-state index in [-0.39, 0.29) is 19.2 Å². The van der Waals surface area contributed by atoms with E-state index in [9.17, 15) is 4.79 Å². The van der Waals surface area contributed by atoms with Crippen LogP contribution in [-0.4, -0.2) is 19.7 Å². The minimum atomic E-state index is -0.156. The molecule has 5 nitrogen and oxygen atoms in total. The Bertz CT molecular complexity index is 1180. The Morgan fingerprint density at radius 3 is 2.50 bits per heavy atom. The maximum atomic E-state index is 12.6. The first-order chi connectivity index (χ1) is 15.4. The van der Waals surface area contributed by atoms with Gasteiger partial charge in [-0.1, -0.05) is 46.9 Å². The summed E-state index contributed by atoms with van der Waals surface area (Å²) in [6.45, 7) is 0.313. The third-order valence-corrected chi connectivity index (χ3v) is 5.50. The number of allylic oxidation sites excluding steroid dienone is 1. The van der Waals surface area contributed by atoms with E-state index in [1.54, 1.807) is 49.6 Å². The lowest BCUT2D eigenvalue weighted by molar-refractivity contribution is 0.104. The van der Waals surface area contributed by atoms with Crippen LogP contribution in [0.1, 0.15) is 21.5 Å². The second-order valence-corrected chi connectivity index (χ2v) is 8.07. The SMILES string of the molecule is COc1ccc(/C=C/C(=O)c2ccc3c(c2)OCO3)cc1COc1c(Cl)cc(Cl)cc1Cl. The number of ketones is 1. The summed E-state index contributed by atoms with van der Waals surface area (Å²) in [5, 5.41) is 1.04. The van der Waals surface area contributed by atoms with Crippen LogP contribution in [0.2, 0.25) is 15.1 Å². The molecule has 0 aliphatic carbocycles. The number of halogens is 3. The van der Waals surface area contributed by atoms with Crippen molar-refractivity contribution < 1.29 is 23.7 Å². The Morgan fingerprint density at radius 2 is 1.75 bits per heavy atom. The van der Waals surface area contributed by atoms with Gasteiger partial charge >= 0.3 is 0 Å². The van der Waals surface area contributed by atoms with Crippen LogP contribution in [0.4, 0.5) is 0 Å². The molecule has 0 saturated carbocycles. The first-order valence-electron chi connectivity index (χ1n) is 9.51. The second-order valence-electron chi connectivity index (χ2n) is 6.82. The van der Waals surface area contributed by atoms with Crippen molar-refractivity contribution in [3.8, 4) is 23.0 Å². The third kappa shape index (κ3) is 4.96. The highest BCUT2D eigenvalue weighted by Crippen LogP contribution is 2.37. The van der Waals surface area contributed by atoms with Gasteiger partial charge in [0.15, 0.2) is 23.0 Å². The Morgan fingerprint density at radius 1 is 1.00 bits per heavy atom. The molecule has 0 bridgehead atoms. The highest BCUT2D eigenvalue weighted by Gasteiger charge is 2.15. The van der Waals surface area contributed by atoms with Crippen molar-refractivity contribution in [2.45, 2.75) is 6.61 Å². The largest absolute Gasteiger partial charge is 0.496 e. The van der Waals surface area contributed by atoms with Crippen LogP contribution in [0.5, 0.6) is 23.0 Å². The minimum Gasteiger partial charge on any atom is -0.496 e. The van der Waals surface area contributed by atoms with Gasteiger partial charge in [0.2, 0.25) is 6.79 Å². The summed E-state index contributed by atoms with van der Waals surface area (Å²) in [7, 11) is 1.57. The summed E-state index contributed by atoms with van der Waals surface area (Å²) in [5.41, 5.74) is 2.06. The average molecular weight is 492 g/mol. The van der Waals surface area contributed by atoms with E-state index in [1.807, 2.05) is 12.1 Å². The summed E-state index contributed by atoms with van der Waals surface area (Å²) in [5.74, 6) is 2.00. The minimum absolute atomic E-state index is 0.155. The molecule has 0 radical (unpaired) electrons. The third-order valence-electron chi connectivity index (χ3n) is 4.72. The maximum absolute atomic E-state index is 12.6. The van der Waals surface area contributed by atoms with Gasteiger partial charge < -0.3 is 18.9 Å². The first kappa shape index (κ1) is 22.3. The smallest absolute Gasteiger partial charge is 0.231 e. The molecule has 1 aliphatic heterocycles. The summed E-state index contributed by atoms with van der Waals surface area (Å²) in [6.07, 6.45) is 3.22. The van der Waals surface area contributed by atoms with E-state index in [4.69, 9.17) is 53.8 Å². The van der Waals surface area contributed by atoms with Crippen molar-refractivity contribution in [3.63, 3.8) is 0 Å². The number of benzene rings is 3. The molecule has 0 N–H and O–H groups in total. The molecular weight excluding hydrogens is 475 g/mol. The molecule has 0 aromatic heterocycles. The molecule has 3 aromatic carbocycles. The first-order valence-corrected chi connectivity index (χ1v) is 10.6. The fraction of sp³-hybridized carbons (Fsp3) is 0.125. The van der Waals surface area contributed by atoms with Crippen LogP contribution >= 0.6 is 34.8 Å². The maximum Gasteiger partial charge on any atom is 0.231 e. The number of carbonyl (C=O) groups excluding carboxylic acids is 1. The van der Waals surface area contributed by atoms with Crippen LogP contribution in [0.3, 0.4) is 0 Å². The number of hydrogen-bond acceptors (Lipinski definition) is 5. The predicted molar refractivity (Wildman–Crippen MR) is 125 cm³/mol. The zero-order valence-corrected chi connectivity index (χ0v) is 19.1. The van der Waals surface area contributed by atoms with E-state index in [2.05, 4.69) is 0 Å². The fourth-order valence-electron chi connectivity index (χ4n) is 3.15. The van der Waals surface area contributed by atoms with E-state index in [0.29, 0.717) is 43.6 Å². The summed E-state index contributed by atoms with van der Waals surface area (Å²) in [4.78, 5) is 12.6. The molecule has 0 amide bonds. The number of hydrogen-bond donors (Lipinski definition) is 0. The van der Waals surface area contributed by atoms with Crippen molar-refractivity contribution in [2.75, 3.05) is 13.9 Å². The van der Waals surface area contributed by atoms with Gasteiger partial charge in [0.1, 0.15) is 12.4 Å². The molecule has 3 aromatic rings. The van der Waals surface area contributed by atoms with Crippen molar-refractivity contribution in [3.05, 3.63) is 86.4 Å². The van der Waals surface area contributed by atoms with Crippen LogP contribution in [0.25, 0.3) is 6.08 Å². The van der Waals surface area contributed by atoms with Crippen LogP contribution in [0.15, 0.2) is 54.6 Å². The van der Waals surface area contributed by atoms with Crippen LogP contribution < -0.4 is 18.9 Å². The Labute approximate surface area is 200 Å². The molecule has 164 valence electrons. The number of fused-ring (bicyclic) bond motifs is 1. The van der Waals surface area contributed by atoms with Gasteiger partial charge in [-0.15, -0.1) is 0 Å². The lowest BCUT2D eigenvalue weighted by Gasteiger charge is -2.13. The van der Waals surface area contributed by atoms with Crippen molar-refractivity contribution in [2.24, 2.45) is 0 Å². The molecular formula is C24H17Cl3O5. The standard InChI is InChI=1S/C24H17Cl3O5/c1-29-21-6-3-14(2-5-20(28)15-4-7-22-23(9-15)32-13-31-22)8-16(21)12-30-24-18(26)10-17(25)11-19(24)27/h2-11H,12-13H2,1H3/b5-2+. The predicted octanol–water partition coefficient (Wildman–Crippen LogP) is 6.86. The molecule has 8 heteroatoms. The van der Waals surface area contributed by atoms with Gasteiger partial charge in [0.05, 0.1) is 17.2 Å². The molecule has 0 spiro atoms. The van der Waals surface area contributed by atoms with Crippen molar-refractivity contribution >= 4 is 46.7 Å².